The Morgan fingerprint density at radius 3 is 2.33 bits per heavy atom. The van der Waals surface area contributed by atoms with E-state index in [0.29, 0.717) is 23.7 Å². The van der Waals surface area contributed by atoms with Crippen LogP contribution in [0.1, 0.15) is 79.2 Å². The second-order valence-electron chi connectivity index (χ2n) is 10.2. The van der Waals surface area contributed by atoms with Gasteiger partial charge in [0.25, 0.3) is 0 Å². The molecule has 0 amide bonds. The van der Waals surface area contributed by atoms with Gasteiger partial charge in [-0.05, 0) is 65.4 Å². The number of hydrogen-bond acceptors (Lipinski definition) is 2. The van der Waals surface area contributed by atoms with Crippen LogP contribution in [0, 0.1) is 17.8 Å². The summed E-state index contributed by atoms with van der Waals surface area (Å²) in [6, 6.07) is 12.8. The zero-order valence-corrected chi connectivity index (χ0v) is 21.2. The summed E-state index contributed by atoms with van der Waals surface area (Å²) in [5.74, 6) is 2.76. The van der Waals surface area contributed by atoms with Crippen molar-refractivity contribution < 1.29 is 9.53 Å². The van der Waals surface area contributed by atoms with E-state index in [1.165, 1.54) is 23.6 Å². The Labute approximate surface area is 185 Å². The minimum atomic E-state index is -2.31. The SMILES string of the molecule is CC[Si](CC)(OC1C[C@H](C)CC[C@H]1C(C)C)c1cc2ccccc2c(C(C)C)c1O. The molecule has 1 aliphatic rings. The summed E-state index contributed by atoms with van der Waals surface area (Å²) in [5, 5.41) is 15.1. The number of benzene rings is 2. The summed E-state index contributed by atoms with van der Waals surface area (Å²) in [6.45, 7) is 16.0. The topological polar surface area (TPSA) is 29.5 Å². The second kappa shape index (κ2) is 9.44. The number of phenolic OH excluding ortho intramolecular Hbond substituents is 1. The molecule has 2 aromatic carbocycles. The lowest BCUT2D eigenvalue weighted by atomic mass is 9.75. The first-order valence-corrected chi connectivity index (χ1v) is 14.5. The van der Waals surface area contributed by atoms with Gasteiger partial charge in [-0.25, -0.2) is 0 Å². The van der Waals surface area contributed by atoms with Crippen molar-refractivity contribution in [1.82, 2.24) is 0 Å². The average Bonchev–Trinajstić information content (AvgIpc) is 2.71. The van der Waals surface area contributed by atoms with Crippen molar-refractivity contribution >= 4 is 24.3 Å². The maximum Gasteiger partial charge on any atom is 0.227 e. The second-order valence-corrected chi connectivity index (χ2v) is 14.4. The highest BCUT2D eigenvalue weighted by Crippen LogP contribution is 2.40. The van der Waals surface area contributed by atoms with E-state index in [9.17, 15) is 5.11 Å². The first-order valence-electron chi connectivity index (χ1n) is 12.2. The maximum absolute atomic E-state index is 11.6. The van der Waals surface area contributed by atoms with Crippen LogP contribution in [-0.2, 0) is 4.43 Å². The number of phenols is 1. The zero-order valence-electron chi connectivity index (χ0n) is 20.2. The van der Waals surface area contributed by atoms with Crippen LogP contribution in [0.4, 0.5) is 0 Å². The van der Waals surface area contributed by atoms with Gasteiger partial charge >= 0.3 is 0 Å². The van der Waals surface area contributed by atoms with Gasteiger partial charge in [0.1, 0.15) is 5.75 Å². The molecule has 0 aliphatic heterocycles. The molecular weight excluding hydrogens is 384 g/mol. The molecule has 0 saturated heterocycles. The van der Waals surface area contributed by atoms with Crippen molar-refractivity contribution in [2.75, 3.05) is 0 Å². The number of aromatic hydroxyl groups is 1. The van der Waals surface area contributed by atoms with E-state index in [4.69, 9.17) is 4.43 Å². The van der Waals surface area contributed by atoms with Gasteiger partial charge in [0.15, 0.2) is 0 Å². The normalized spacial score (nSPS) is 22.9. The highest BCUT2D eigenvalue weighted by Gasteiger charge is 2.43. The van der Waals surface area contributed by atoms with Crippen molar-refractivity contribution in [2.45, 2.75) is 91.8 Å². The molecule has 3 rings (SSSR count). The summed E-state index contributed by atoms with van der Waals surface area (Å²) >= 11 is 0. The fourth-order valence-electron chi connectivity index (χ4n) is 5.70. The Balaban J connectivity index is 2.13. The van der Waals surface area contributed by atoms with Gasteiger partial charge in [-0.2, -0.15) is 0 Å². The van der Waals surface area contributed by atoms with E-state index in [1.54, 1.807) is 0 Å². The van der Waals surface area contributed by atoms with Crippen LogP contribution in [-0.4, -0.2) is 19.5 Å². The molecule has 0 spiro atoms. The molecule has 0 aromatic heterocycles. The van der Waals surface area contributed by atoms with Gasteiger partial charge in [0, 0.05) is 16.9 Å². The van der Waals surface area contributed by atoms with Crippen molar-refractivity contribution in [3.05, 3.63) is 35.9 Å². The van der Waals surface area contributed by atoms with E-state index in [-0.39, 0.29) is 5.92 Å². The smallest absolute Gasteiger partial charge is 0.227 e. The van der Waals surface area contributed by atoms with E-state index in [1.807, 2.05) is 0 Å². The van der Waals surface area contributed by atoms with Crippen molar-refractivity contribution in [2.24, 2.45) is 17.8 Å². The molecule has 2 aromatic rings. The molecular formula is C27H42O2Si. The third-order valence-corrected chi connectivity index (χ3v) is 12.0. The van der Waals surface area contributed by atoms with Gasteiger partial charge in [-0.3, -0.25) is 0 Å². The van der Waals surface area contributed by atoms with Gasteiger partial charge in [0.2, 0.25) is 8.32 Å². The Morgan fingerprint density at radius 1 is 1.07 bits per heavy atom. The quantitative estimate of drug-likeness (QED) is 0.469. The van der Waals surface area contributed by atoms with E-state index in [0.717, 1.165) is 35.2 Å². The fourth-order valence-corrected chi connectivity index (χ4v) is 9.25. The van der Waals surface area contributed by atoms with Crippen LogP contribution in [0.5, 0.6) is 5.75 Å². The molecule has 30 heavy (non-hydrogen) atoms. The van der Waals surface area contributed by atoms with Crippen LogP contribution in [0.25, 0.3) is 10.8 Å². The van der Waals surface area contributed by atoms with Crippen molar-refractivity contribution in [1.29, 1.82) is 0 Å². The lowest BCUT2D eigenvalue weighted by Crippen LogP contribution is -2.54. The third kappa shape index (κ3) is 4.34. The van der Waals surface area contributed by atoms with Crippen LogP contribution in [0.15, 0.2) is 30.3 Å². The minimum Gasteiger partial charge on any atom is -0.508 e. The van der Waals surface area contributed by atoms with Gasteiger partial charge < -0.3 is 9.53 Å². The predicted octanol–water partition coefficient (Wildman–Crippen LogP) is 7.34. The van der Waals surface area contributed by atoms with Crippen LogP contribution in [0.2, 0.25) is 12.1 Å². The third-order valence-electron chi connectivity index (χ3n) is 7.61. The molecule has 1 fully saturated rings. The van der Waals surface area contributed by atoms with E-state index < -0.39 is 8.32 Å². The Kier molecular flexibility index (Phi) is 7.35. The molecule has 0 heterocycles. The largest absolute Gasteiger partial charge is 0.508 e. The van der Waals surface area contributed by atoms with E-state index >= 15 is 0 Å². The molecule has 3 atom stereocenters. The Hall–Kier alpha value is -1.32. The Morgan fingerprint density at radius 2 is 1.73 bits per heavy atom. The monoisotopic (exact) mass is 426 g/mol. The molecule has 1 N–H and O–H groups in total. The van der Waals surface area contributed by atoms with E-state index in [2.05, 4.69) is 78.8 Å². The standard InChI is InChI=1S/C27H42O2Si/c1-8-30(9-2,29-24-16-20(7)14-15-22(24)18(3)4)25-17-21-12-10-11-13-23(21)26(19(5)6)27(25)28/h10-13,17-20,22,24,28H,8-9,14-16H2,1-7H3/t20-,22+,24?/m1/s1. The summed E-state index contributed by atoms with van der Waals surface area (Å²) in [7, 11) is -2.31. The molecule has 3 heteroatoms. The van der Waals surface area contributed by atoms with Crippen LogP contribution < -0.4 is 5.19 Å². The van der Waals surface area contributed by atoms with Crippen molar-refractivity contribution in [3.8, 4) is 5.75 Å². The molecule has 1 unspecified atom stereocenters. The first kappa shape index (κ1) is 23.3. The summed E-state index contributed by atoms with van der Waals surface area (Å²) < 4.78 is 7.25. The molecule has 0 bridgehead atoms. The highest BCUT2D eigenvalue weighted by molar-refractivity contribution is 6.87. The van der Waals surface area contributed by atoms with Crippen LogP contribution >= 0.6 is 0 Å². The summed E-state index contributed by atoms with van der Waals surface area (Å²) in [4.78, 5) is 0. The maximum atomic E-state index is 11.6. The molecule has 2 nitrogen and oxygen atoms in total. The summed E-state index contributed by atoms with van der Waals surface area (Å²) in [5.41, 5.74) is 1.09. The fraction of sp³-hybridized carbons (Fsp3) is 0.630. The number of fused-ring (bicyclic) bond motifs is 1. The average molecular weight is 427 g/mol. The predicted molar refractivity (Wildman–Crippen MR) is 132 cm³/mol. The van der Waals surface area contributed by atoms with Gasteiger partial charge in [-0.1, -0.05) is 79.2 Å². The molecule has 1 aliphatic carbocycles. The molecule has 166 valence electrons. The lowest BCUT2D eigenvalue weighted by Gasteiger charge is -2.43. The minimum absolute atomic E-state index is 0.272. The van der Waals surface area contributed by atoms with Gasteiger partial charge in [-0.15, -0.1) is 0 Å². The molecule has 0 radical (unpaired) electrons. The molecule has 1 saturated carbocycles. The zero-order chi connectivity index (χ0) is 22.1. The van der Waals surface area contributed by atoms with Crippen LogP contribution in [0.3, 0.4) is 0 Å². The van der Waals surface area contributed by atoms with Gasteiger partial charge in [0.05, 0.1) is 0 Å². The number of rotatable bonds is 7. The summed E-state index contributed by atoms with van der Waals surface area (Å²) in [6.07, 6.45) is 4.05. The Bertz CT molecular complexity index is 853. The lowest BCUT2D eigenvalue weighted by molar-refractivity contribution is 0.0397. The van der Waals surface area contributed by atoms with Crippen molar-refractivity contribution in [3.63, 3.8) is 0 Å². The number of hydrogen-bond donors (Lipinski definition) is 1. The highest BCUT2D eigenvalue weighted by atomic mass is 28.4. The first-order chi connectivity index (χ1) is 14.2.